The second-order valence-corrected chi connectivity index (χ2v) is 5.79. The summed E-state index contributed by atoms with van der Waals surface area (Å²) in [4.78, 5) is 16.5. The van der Waals surface area contributed by atoms with Gasteiger partial charge in [-0.15, -0.1) is 0 Å². The Morgan fingerprint density at radius 3 is 2.25 bits per heavy atom. The highest BCUT2D eigenvalue weighted by molar-refractivity contribution is 6.34. The van der Waals surface area contributed by atoms with Crippen molar-refractivity contribution in [2.24, 2.45) is 0 Å². The molecule has 0 atom stereocenters. The van der Waals surface area contributed by atoms with Crippen LogP contribution in [0.3, 0.4) is 0 Å². The molecule has 4 nitrogen and oxygen atoms in total. The summed E-state index contributed by atoms with van der Waals surface area (Å²) in [6, 6.07) is 17.8. The first kappa shape index (κ1) is 16.3. The van der Waals surface area contributed by atoms with Crippen molar-refractivity contribution in [2.75, 3.05) is 10.6 Å². The van der Waals surface area contributed by atoms with Crippen LogP contribution in [0.1, 0.15) is 10.4 Å². The maximum atomic E-state index is 12.2. The lowest BCUT2D eigenvalue weighted by molar-refractivity contribution is 0.102. The van der Waals surface area contributed by atoms with Gasteiger partial charge in [0.2, 0.25) is 0 Å². The lowest BCUT2D eigenvalue weighted by atomic mass is 10.2. The number of benzene rings is 2. The molecule has 0 aliphatic rings. The zero-order chi connectivity index (χ0) is 16.9. The molecule has 2 N–H and O–H groups in total. The first-order chi connectivity index (χ1) is 11.6. The smallest absolute Gasteiger partial charge is 0.257 e. The highest BCUT2D eigenvalue weighted by Crippen LogP contribution is 2.24. The van der Waals surface area contributed by atoms with Gasteiger partial charge in [-0.2, -0.15) is 0 Å². The van der Waals surface area contributed by atoms with Crippen molar-refractivity contribution in [3.05, 3.63) is 82.5 Å². The second kappa shape index (κ2) is 7.34. The lowest BCUT2D eigenvalue weighted by Gasteiger charge is -2.09. The SMILES string of the molecule is O=C(Nc1ccc(Nc2ccccc2Cl)nc1)c1ccccc1Cl. The van der Waals surface area contributed by atoms with Crippen molar-refractivity contribution in [3.8, 4) is 0 Å². The van der Waals surface area contributed by atoms with Gasteiger partial charge in [-0.3, -0.25) is 4.79 Å². The van der Waals surface area contributed by atoms with Gasteiger partial charge in [-0.1, -0.05) is 47.5 Å². The number of nitrogens with one attached hydrogen (secondary N) is 2. The van der Waals surface area contributed by atoms with Crippen LogP contribution in [0.2, 0.25) is 10.0 Å². The molecule has 0 fully saturated rings. The number of hydrogen-bond donors (Lipinski definition) is 2. The maximum absolute atomic E-state index is 12.2. The number of amides is 1. The summed E-state index contributed by atoms with van der Waals surface area (Å²) < 4.78 is 0. The van der Waals surface area contributed by atoms with E-state index in [0.717, 1.165) is 5.69 Å². The van der Waals surface area contributed by atoms with Crippen LogP contribution >= 0.6 is 23.2 Å². The summed E-state index contributed by atoms with van der Waals surface area (Å²) in [6.07, 6.45) is 1.56. The van der Waals surface area contributed by atoms with Crippen LogP contribution in [0, 0.1) is 0 Å². The summed E-state index contributed by atoms with van der Waals surface area (Å²) >= 11 is 12.1. The van der Waals surface area contributed by atoms with Crippen LogP contribution in [-0.4, -0.2) is 10.9 Å². The average Bonchev–Trinajstić information content (AvgIpc) is 2.59. The number of carbonyl (C=O) groups excluding carboxylic acids is 1. The van der Waals surface area contributed by atoms with Crippen LogP contribution in [0.4, 0.5) is 17.2 Å². The largest absolute Gasteiger partial charge is 0.339 e. The minimum absolute atomic E-state index is 0.283. The molecular weight excluding hydrogens is 345 g/mol. The van der Waals surface area contributed by atoms with Gasteiger partial charge < -0.3 is 10.6 Å². The molecule has 120 valence electrons. The van der Waals surface area contributed by atoms with Crippen molar-refractivity contribution in [1.82, 2.24) is 4.98 Å². The molecule has 3 rings (SSSR count). The molecule has 2 aromatic carbocycles. The third-order valence-corrected chi connectivity index (χ3v) is 3.94. The normalized spacial score (nSPS) is 10.2. The van der Waals surface area contributed by atoms with E-state index in [1.54, 1.807) is 48.7 Å². The van der Waals surface area contributed by atoms with Crippen molar-refractivity contribution in [3.63, 3.8) is 0 Å². The van der Waals surface area contributed by atoms with Crippen molar-refractivity contribution < 1.29 is 4.79 Å². The number of carbonyl (C=O) groups is 1. The third-order valence-electron chi connectivity index (χ3n) is 3.28. The Labute approximate surface area is 149 Å². The molecule has 1 heterocycles. The van der Waals surface area contributed by atoms with Gasteiger partial charge >= 0.3 is 0 Å². The van der Waals surface area contributed by atoms with Gasteiger partial charge in [0.05, 0.1) is 33.2 Å². The molecule has 0 unspecified atom stereocenters. The zero-order valence-corrected chi connectivity index (χ0v) is 14.0. The Kier molecular flexibility index (Phi) is 4.99. The number of aromatic nitrogens is 1. The number of halogens is 2. The van der Waals surface area contributed by atoms with Gasteiger partial charge in [0.15, 0.2) is 0 Å². The highest BCUT2D eigenvalue weighted by Gasteiger charge is 2.10. The molecule has 0 bridgehead atoms. The zero-order valence-electron chi connectivity index (χ0n) is 12.5. The fourth-order valence-corrected chi connectivity index (χ4v) is 2.49. The van der Waals surface area contributed by atoms with Crippen LogP contribution in [0.5, 0.6) is 0 Å². The Hall–Kier alpha value is -2.56. The predicted molar refractivity (Wildman–Crippen MR) is 98.4 cm³/mol. The summed E-state index contributed by atoms with van der Waals surface area (Å²) in [5.41, 5.74) is 1.75. The monoisotopic (exact) mass is 357 g/mol. The van der Waals surface area contributed by atoms with E-state index < -0.39 is 0 Å². The first-order valence-electron chi connectivity index (χ1n) is 7.17. The Morgan fingerprint density at radius 1 is 0.875 bits per heavy atom. The fourth-order valence-electron chi connectivity index (χ4n) is 2.09. The Bertz CT molecular complexity index is 866. The van der Waals surface area contributed by atoms with E-state index in [9.17, 15) is 4.79 Å². The standard InChI is InChI=1S/C18H13Cl2N3O/c19-14-6-2-1-5-13(14)18(24)22-12-9-10-17(21-11-12)23-16-8-4-3-7-15(16)20/h1-11H,(H,21,23)(H,22,24). The first-order valence-corrected chi connectivity index (χ1v) is 7.92. The van der Waals surface area contributed by atoms with E-state index in [2.05, 4.69) is 15.6 Å². The molecule has 0 spiro atoms. The molecule has 0 aliphatic heterocycles. The van der Waals surface area contributed by atoms with Crippen molar-refractivity contribution in [1.29, 1.82) is 0 Å². The molecule has 1 aromatic heterocycles. The number of nitrogens with zero attached hydrogens (tertiary/aromatic N) is 1. The quantitative estimate of drug-likeness (QED) is 0.658. The van der Waals surface area contributed by atoms with E-state index in [-0.39, 0.29) is 5.91 Å². The van der Waals surface area contributed by atoms with Crippen LogP contribution in [0.25, 0.3) is 0 Å². The van der Waals surface area contributed by atoms with Crippen molar-refractivity contribution >= 4 is 46.3 Å². The maximum Gasteiger partial charge on any atom is 0.257 e. The Balaban J connectivity index is 1.70. The minimum atomic E-state index is -0.283. The van der Waals surface area contributed by atoms with Gasteiger partial charge in [0.25, 0.3) is 5.91 Å². The van der Waals surface area contributed by atoms with Gasteiger partial charge in [-0.05, 0) is 36.4 Å². The van der Waals surface area contributed by atoms with E-state index in [0.29, 0.717) is 27.1 Å². The molecule has 3 aromatic rings. The topological polar surface area (TPSA) is 54.0 Å². The molecule has 0 saturated carbocycles. The second-order valence-electron chi connectivity index (χ2n) is 4.97. The van der Waals surface area contributed by atoms with E-state index in [1.807, 2.05) is 18.2 Å². The van der Waals surface area contributed by atoms with E-state index in [1.165, 1.54) is 0 Å². The summed E-state index contributed by atoms with van der Waals surface area (Å²) in [7, 11) is 0. The molecule has 0 aliphatic carbocycles. The minimum Gasteiger partial charge on any atom is -0.339 e. The Morgan fingerprint density at radius 2 is 1.58 bits per heavy atom. The average molecular weight is 358 g/mol. The van der Waals surface area contributed by atoms with Gasteiger partial charge in [0, 0.05) is 0 Å². The summed E-state index contributed by atoms with van der Waals surface area (Å²) in [5, 5.41) is 6.89. The number of hydrogen-bond acceptors (Lipinski definition) is 3. The number of pyridine rings is 1. The molecule has 0 saturated heterocycles. The highest BCUT2D eigenvalue weighted by atomic mass is 35.5. The predicted octanol–water partition coefficient (Wildman–Crippen LogP) is 5.38. The third kappa shape index (κ3) is 3.85. The van der Waals surface area contributed by atoms with Crippen LogP contribution in [0.15, 0.2) is 66.9 Å². The number of anilines is 3. The fraction of sp³-hybridized carbons (Fsp3) is 0. The molecule has 1 amide bonds. The van der Waals surface area contributed by atoms with E-state index >= 15 is 0 Å². The van der Waals surface area contributed by atoms with Crippen LogP contribution in [-0.2, 0) is 0 Å². The van der Waals surface area contributed by atoms with Crippen molar-refractivity contribution in [2.45, 2.75) is 0 Å². The molecule has 6 heteroatoms. The number of para-hydroxylation sites is 1. The summed E-state index contributed by atoms with van der Waals surface area (Å²) in [5.74, 6) is 0.341. The molecule has 24 heavy (non-hydrogen) atoms. The van der Waals surface area contributed by atoms with Gasteiger partial charge in [0.1, 0.15) is 5.82 Å². The summed E-state index contributed by atoms with van der Waals surface area (Å²) in [6.45, 7) is 0. The van der Waals surface area contributed by atoms with Gasteiger partial charge in [-0.25, -0.2) is 4.98 Å². The lowest BCUT2D eigenvalue weighted by Crippen LogP contribution is -2.12. The van der Waals surface area contributed by atoms with Crippen LogP contribution < -0.4 is 10.6 Å². The molecule has 0 radical (unpaired) electrons. The molecular formula is C18H13Cl2N3O. The van der Waals surface area contributed by atoms with E-state index in [4.69, 9.17) is 23.2 Å². The number of rotatable bonds is 4.